The lowest BCUT2D eigenvalue weighted by atomic mass is 9.66. The van der Waals surface area contributed by atoms with Gasteiger partial charge in [-0.05, 0) is 89.1 Å². The van der Waals surface area contributed by atoms with E-state index >= 15 is 0 Å². The molecule has 0 aromatic rings. The van der Waals surface area contributed by atoms with Crippen molar-refractivity contribution in [3.05, 3.63) is 0 Å². The Morgan fingerprint density at radius 1 is 1.09 bits per heavy atom. The lowest BCUT2D eigenvalue weighted by Crippen LogP contribution is -2.49. The molecule has 3 aliphatic carbocycles. The molecular formula is C26H39NO6. The molecule has 5 aliphatic rings. The van der Waals surface area contributed by atoms with Crippen LogP contribution in [0.1, 0.15) is 84.0 Å². The topological polar surface area (TPSA) is 82.1 Å². The summed E-state index contributed by atoms with van der Waals surface area (Å²) in [7, 11) is 0. The van der Waals surface area contributed by atoms with Gasteiger partial charge < -0.3 is 19.1 Å². The first kappa shape index (κ1) is 23.1. The fourth-order valence-electron chi connectivity index (χ4n) is 7.55. The van der Waals surface area contributed by atoms with Crippen LogP contribution in [-0.2, 0) is 28.6 Å². The summed E-state index contributed by atoms with van der Waals surface area (Å²) in [4.78, 5) is 41.5. The monoisotopic (exact) mass is 461 g/mol. The maximum atomic E-state index is 13.6. The van der Waals surface area contributed by atoms with Gasteiger partial charge in [0, 0.05) is 6.54 Å². The van der Waals surface area contributed by atoms with Crippen molar-refractivity contribution in [2.75, 3.05) is 26.2 Å². The molecule has 2 heterocycles. The molecule has 5 atom stereocenters. The zero-order chi connectivity index (χ0) is 23.1. The van der Waals surface area contributed by atoms with Gasteiger partial charge in [0.25, 0.3) is 0 Å². The average Bonchev–Trinajstić information content (AvgIpc) is 3.59. The van der Waals surface area contributed by atoms with Crippen LogP contribution >= 0.6 is 0 Å². The Bertz CT molecular complexity index is 771. The molecule has 5 fully saturated rings. The van der Waals surface area contributed by atoms with Crippen LogP contribution in [0.5, 0.6) is 0 Å². The minimum Gasteiger partial charge on any atom is -0.465 e. The second-order valence-electron chi connectivity index (χ2n) is 11.1. The number of ether oxygens (including phenoxy) is 3. The van der Waals surface area contributed by atoms with Crippen LogP contribution in [-0.4, -0.2) is 60.8 Å². The van der Waals surface area contributed by atoms with Crippen LogP contribution in [0.2, 0.25) is 0 Å². The average molecular weight is 462 g/mol. The molecule has 184 valence electrons. The molecule has 0 radical (unpaired) electrons. The summed E-state index contributed by atoms with van der Waals surface area (Å²) in [6.07, 6.45) is 10.3. The fraction of sp³-hybridized carbons (Fsp3) is 0.885. The predicted molar refractivity (Wildman–Crippen MR) is 120 cm³/mol. The zero-order valence-corrected chi connectivity index (χ0v) is 20.0. The highest BCUT2D eigenvalue weighted by Crippen LogP contribution is 2.63. The first-order valence-electron chi connectivity index (χ1n) is 13.3. The maximum absolute atomic E-state index is 13.6. The Morgan fingerprint density at radius 3 is 2.52 bits per heavy atom. The van der Waals surface area contributed by atoms with Crippen molar-refractivity contribution >= 4 is 17.9 Å². The summed E-state index contributed by atoms with van der Waals surface area (Å²) in [5.41, 5.74) is -0.995. The molecule has 1 spiro atoms. The summed E-state index contributed by atoms with van der Waals surface area (Å²) in [6, 6.07) is 0. The van der Waals surface area contributed by atoms with E-state index in [2.05, 4.69) is 11.8 Å². The summed E-state index contributed by atoms with van der Waals surface area (Å²) >= 11 is 0. The Morgan fingerprint density at radius 2 is 1.85 bits per heavy atom. The van der Waals surface area contributed by atoms with Crippen LogP contribution in [0, 0.1) is 23.2 Å². The van der Waals surface area contributed by atoms with Gasteiger partial charge in [0.1, 0.15) is 11.7 Å². The van der Waals surface area contributed by atoms with Gasteiger partial charge in [0.15, 0.2) is 0 Å². The van der Waals surface area contributed by atoms with Gasteiger partial charge in [-0.15, -0.1) is 0 Å². The Hall–Kier alpha value is -1.63. The maximum Gasteiger partial charge on any atom is 0.313 e. The van der Waals surface area contributed by atoms with Crippen molar-refractivity contribution in [2.24, 2.45) is 23.2 Å². The van der Waals surface area contributed by atoms with Crippen molar-refractivity contribution in [1.29, 1.82) is 0 Å². The molecule has 7 heteroatoms. The number of piperidine rings is 1. The van der Waals surface area contributed by atoms with Crippen molar-refractivity contribution in [3.8, 4) is 0 Å². The van der Waals surface area contributed by atoms with Crippen molar-refractivity contribution in [3.63, 3.8) is 0 Å². The summed E-state index contributed by atoms with van der Waals surface area (Å²) in [5.74, 6) is -1.35. The summed E-state index contributed by atoms with van der Waals surface area (Å²) < 4.78 is 17.6. The number of nitrogens with zero attached hydrogens (tertiary/aromatic N) is 1. The number of hydrogen-bond donors (Lipinski definition) is 0. The molecular weight excluding hydrogens is 422 g/mol. The van der Waals surface area contributed by atoms with Gasteiger partial charge in [-0.25, -0.2) is 0 Å². The van der Waals surface area contributed by atoms with E-state index < -0.39 is 23.0 Å². The number of esters is 3. The number of fused-ring (bicyclic) bond motifs is 3. The van der Waals surface area contributed by atoms with Crippen LogP contribution in [0.4, 0.5) is 0 Å². The van der Waals surface area contributed by atoms with Gasteiger partial charge in [-0.1, -0.05) is 13.3 Å². The van der Waals surface area contributed by atoms with Crippen LogP contribution in [0.3, 0.4) is 0 Å². The molecule has 0 amide bonds. The minimum atomic E-state index is -0.597. The number of rotatable bonds is 7. The highest BCUT2D eigenvalue weighted by Gasteiger charge is 2.69. The van der Waals surface area contributed by atoms with Gasteiger partial charge in [0.05, 0.1) is 24.4 Å². The number of hydrogen-bond acceptors (Lipinski definition) is 7. The third-order valence-corrected chi connectivity index (χ3v) is 9.43. The molecule has 7 nitrogen and oxygen atoms in total. The number of likely N-dealkylation sites (tertiary alicyclic amines) is 1. The standard InChI is InChI=1S/C26H39NO6/c1-2-25(9-4-5-10-25)33-23(29)21-19-16-18(17-26(19)11-15-31-24(26)30)22(21)32-20(28)8-14-27-12-6-3-7-13-27/h18-19,21-22H,2-17H2,1H3. The van der Waals surface area contributed by atoms with E-state index in [1.807, 2.05) is 0 Å². The van der Waals surface area contributed by atoms with Crippen LogP contribution in [0.25, 0.3) is 0 Å². The highest BCUT2D eigenvalue weighted by atomic mass is 16.6. The van der Waals surface area contributed by atoms with Gasteiger partial charge in [-0.2, -0.15) is 0 Å². The van der Waals surface area contributed by atoms with E-state index in [0.29, 0.717) is 32.4 Å². The zero-order valence-electron chi connectivity index (χ0n) is 20.0. The summed E-state index contributed by atoms with van der Waals surface area (Å²) in [6.45, 7) is 5.29. The smallest absolute Gasteiger partial charge is 0.313 e. The van der Waals surface area contributed by atoms with E-state index in [9.17, 15) is 14.4 Å². The van der Waals surface area contributed by atoms with Crippen LogP contribution < -0.4 is 0 Å². The lowest BCUT2D eigenvalue weighted by molar-refractivity contribution is -0.181. The molecule has 3 saturated carbocycles. The predicted octanol–water partition coefficient (Wildman–Crippen LogP) is 3.63. The largest absolute Gasteiger partial charge is 0.465 e. The van der Waals surface area contributed by atoms with E-state index in [1.165, 1.54) is 19.3 Å². The molecule has 5 unspecified atom stereocenters. The third-order valence-electron chi connectivity index (χ3n) is 9.43. The fourth-order valence-corrected chi connectivity index (χ4v) is 7.55. The Kier molecular flexibility index (Phi) is 6.45. The van der Waals surface area contributed by atoms with Crippen molar-refractivity contribution < 1.29 is 28.6 Å². The molecule has 5 rings (SSSR count). The van der Waals surface area contributed by atoms with E-state index in [4.69, 9.17) is 14.2 Å². The van der Waals surface area contributed by atoms with E-state index in [1.54, 1.807) is 0 Å². The molecule has 2 aliphatic heterocycles. The Balaban J connectivity index is 1.30. The number of cyclic esters (lactones) is 1. The normalized spacial score (nSPS) is 37.4. The highest BCUT2D eigenvalue weighted by molar-refractivity contribution is 5.83. The minimum absolute atomic E-state index is 0.0262. The van der Waals surface area contributed by atoms with Gasteiger partial charge in [-0.3, -0.25) is 14.4 Å². The SMILES string of the molecule is CCC1(OC(=O)C2C(OC(=O)CCN3CCCCC3)C3CC2C2(CCOC2=O)C3)CCCC1. The van der Waals surface area contributed by atoms with E-state index in [0.717, 1.165) is 51.6 Å². The number of carbonyl (C=O) groups is 3. The first-order chi connectivity index (χ1) is 16.0. The van der Waals surface area contributed by atoms with E-state index in [-0.39, 0.29) is 29.7 Å². The molecule has 0 aromatic carbocycles. The lowest BCUT2D eigenvalue weighted by Gasteiger charge is -2.40. The van der Waals surface area contributed by atoms with Crippen molar-refractivity contribution in [2.45, 2.75) is 95.7 Å². The Labute approximate surface area is 196 Å². The second-order valence-corrected chi connectivity index (χ2v) is 11.1. The second kappa shape index (κ2) is 9.20. The van der Waals surface area contributed by atoms with Gasteiger partial charge in [0.2, 0.25) is 0 Å². The molecule has 2 bridgehead atoms. The van der Waals surface area contributed by atoms with Gasteiger partial charge >= 0.3 is 17.9 Å². The quantitative estimate of drug-likeness (QED) is 0.423. The van der Waals surface area contributed by atoms with Crippen molar-refractivity contribution in [1.82, 2.24) is 4.90 Å². The summed E-state index contributed by atoms with van der Waals surface area (Å²) in [5, 5.41) is 0. The molecule has 2 saturated heterocycles. The molecule has 0 N–H and O–H groups in total. The van der Waals surface area contributed by atoms with Crippen LogP contribution in [0.15, 0.2) is 0 Å². The third kappa shape index (κ3) is 4.19. The molecule has 0 aromatic heterocycles. The molecule has 33 heavy (non-hydrogen) atoms. The number of carbonyl (C=O) groups excluding carboxylic acids is 3. The first-order valence-corrected chi connectivity index (χ1v) is 13.3.